The predicted molar refractivity (Wildman–Crippen MR) is 163 cm³/mol. The van der Waals surface area contributed by atoms with Crippen molar-refractivity contribution in [1.29, 1.82) is 0 Å². The van der Waals surface area contributed by atoms with Gasteiger partial charge in [-0.3, -0.25) is 0 Å². The van der Waals surface area contributed by atoms with Crippen LogP contribution in [0.15, 0.2) is 61.1 Å². The molecule has 2 heterocycles. The molecular weight excluding hydrogens is 532 g/mol. The Morgan fingerprint density at radius 1 is 0.571 bits per heavy atom. The molecule has 0 radical (unpaired) electrons. The molecule has 0 bridgehead atoms. The van der Waals surface area contributed by atoms with Gasteiger partial charge in [0.05, 0.1) is 11.1 Å². The third-order valence-corrected chi connectivity index (χ3v) is 7.50. The Labute approximate surface area is 250 Å². The van der Waals surface area contributed by atoms with Gasteiger partial charge in [-0.2, -0.15) is 0 Å². The summed E-state index contributed by atoms with van der Waals surface area (Å²) in [6.07, 6.45) is 5.58. The zero-order valence-corrected chi connectivity index (χ0v) is 26.2. The fourth-order valence-corrected chi connectivity index (χ4v) is 6.61. The van der Waals surface area contributed by atoms with Crippen molar-refractivity contribution in [3.05, 3.63) is 72.2 Å². The quantitative estimate of drug-likeness (QED) is 0.269. The molecule has 2 aliphatic rings. The van der Waals surface area contributed by atoms with Gasteiger partial charge in [0.25, 0.3) is 0 Å². The lowest BCUT2D eigenvalue weighted by Gasteiger charge is -2.45. The number of hydrogen-bond donors (Lipinski definition) is 2. The summed E-state index contributed by atoms with van der Waals surface area (Å²) in [5, 5.41) is 7.19. The standard InChI is InChI=1S/C34H46N2O6/c1-31(2)19-27(20-32(3,4)35-31)41-29(37)23-9-13-25(14-10-23)39-17-18-40-26-15-11-24(12-16-26)30(38)42-28-21-33(5,6)36-34(7,8)22-28/h9-18,27-28,35-36H,19-22H2,1-8H3/b18-17-. The third kappa shape index (κ3) is 9.07. The van der Waals surface area contributed by atoms with Gasteiger partial charge in [0, 0.05) is 47.8 Å². The van der Waals surface area contributed by atoms with E-state index in [9.17, 15) is 9.59 Å². The molecule has 0 spiro atoms. The van der Waals surface area contributed by atoms with Crippen LogP contribution in [-0.2, 0) is 9.47 Å². The molecule has 2 aliphatic heterocycles. The molecule has 2 N–H and O–H groups in total. The van der Waals surface area contributed by atoms with E-state index >= 15 is 0 Å². The van der Waals surface area contributed by atoms with Gasteiger partial charge in [-0.05, 0) is 104 Å². The summed E-state index contributed by atoms with van der Waals surface area (Å²) in [6, 6.07) is 13.6. The van der Waals surface area contributed by atoms with E-state index < -0.39 is 0 Å². The van der Waals surface area contributed by atoms with E-state index in [4.69, 9.17) is 18.9 Å². The molecule has 228 valence electrons. The summed E-state index contributed by atoms with van der Waals surface area (Å²) >= 11 is 0. The first kappa shape index (κ1) is 31.6. The molecule has 0 unspecified atom stereocenters. The number of hydrogen-bond acceptors (Lipinski definition) is 8. The monoisotopic (exact) mass is 578 g/mol. The lowest BCUT2D eigenvalue weighted by atomic mass is 9.81. The molecule has 8 heteroatoms. The highest BCUT2D eigenvalue weighted by Crippen LogP contribution is 2.32. The number of piperidine rings is 2. The maximum atomic E-state index is 12.7. The average molecular weight is 579 g/mol. The van der Waals surface area contributed by atoms with Crippen molar-refractivity contribution >= 4 is 11.9 Å². The fourth-order valence-electron chi connectivity index (χ4n) is 6.61. The molecule has 2 saturated heterocycles. The first-order valence-electron chi connectivity index (χ1n) is 14.7. The van der Waals surface area contributed by atoms with Crippen LogP contribution in [0.5, 0.6) is 11.5 Å². The highest BCUT2D eigenvalue weighted by Gasteiger charge is 2.40. The molecule has 2 fully saturated rings. The van der Waals surface area contributed by atoms with Crippen molar-refractivity contribution in [3.8, 4) is 11.5 Å². The zero-order valence-electron chi connectivity index (χ0n) is 26.2. The molecule has 4 rings (SSSR count). The Morgan fingerprint density at radius 3 is 1.14 bits per heavy atom. The summed E-state index contributed by atoms with van der Waals surface area (Å²) < 4.78 is 22.9. The van der Waals surface area contributed by atoms with Gasteiger partial charge in [0.15, 0.2) is 0 Å². The van der Waals surface area contributed by atoms with Crippen LogP contribution in [0.1, 0.15) is 102 Å². The number of ether oxygens (including phenoxy) is 4. The summed E-state index contributed by atoms with van der Waals surface area (Å²) in [5.74, 6) is 0.431. The topological polar surface area (TPSA) is 95.1 Å². The second kappa shape index (κ2) is 12.1. The van der Waals surface area contributed by atoms with E-state index in [0.717, 1.165) is 25.7 Å². The van der Waals surface area contributed by atoms with Gasteiger partial charge >= 0.3 is 11.9 Å². The number of carbonyl (C=O) groups excluding carboxylic acids is 2. The molecule has 2 aromatic carbocycles. The molecule has 0 aromatic heterocycles. The van der Waals surface area contributed by atoms with E-state index in [-0.39, 0.29) is 46.3 Å². The minimum absolute atomic E-state index is 0.103. The maximum Gasteiger partial charge on any atom is 0.338 e. The number of carbonyl (C=O) groups is 2. The minimum atomic E-state index is -0.338. The molecular formula is C34H46N2O6. The van der Waals surface area contributed by atoms with Gasteiger partial charge in [-0.25, -0.2) is 9.59 Å². The normalized spacial score (nSPS) is 21.4. The van der Waals surface area contributed by atoms with Gasteiger partial charge in [-0.1, -0.05) is 0 Å². The molecule has 8 nitrogen and oxygen atoms in total. The SMILES string of the molecule is CC1(C)CC(OC(=O)c2ccc(O/C=C\Oc3ccc(C(=O)OC4CC(C)(C)NC(C)(C)C4)cc3)cc2)CC(C)(C)N1. The van der Waals surface area contributed by atoms with Gasteiger partial charge in [0.1, 0.15) is 36.2 Å². The third-order valence-electron chi connectivity index (χ3n) is 7.50. The molecule has 0 aliphatic carbocycles. The smallest absolute Gasteiger partial charge is 0.338 e. The number of rotatable bonds is 8. The molecule has 2 aromatic rings. The average Bonchev–Trinajstić information content (AvgIpc) is 2.83. The number of benzene rings is 2. The van der Waals surface area contributed by atoms with Crippen LogP contribution in [0.4, 0.5) is 0 Å². The fraction of sp³-hybridized carbons (Fsp3) is 0.529. The molecule has 0 atom stereocenters. The second-order valence-corrected chi connectivity index (χ2v) is 14.2. The van der Waals surface area contributed by atoms with Crippen molar-refractivity contribution in [2.75, 3.05) is 0 Å². The van der Waals surface area contributed by atoms with Crippen molar-refractivity contribution in [2.45, 2.75) is 115 Å². The lowest BCUT2D eigenvalue weighted by Crippen LogP contribution is -2.59. The van der Waals surface area contributed by atoms with Crippen LogP contribution in [0.25, 0.3) is 0 Å². The van der Waals surface area contributed by atoms with Gasteiger partial charge in [0.2, 0.25) is 0 Å². The van der Waals surface area contributed by atoms with Crippen LogP contribution in [-0.4, -0.2) is 46.3 Å². The van der Waals surface area contributed by atoms with E-state index in [1.165, 1.54) is 12.5 Å². The van der Waals surface area contributed by atoms with Crippen molar-refractivity contribution < 1.29 is 28.5 Å². The minimum Gasteiger partial charge on any atom is -0.462 e. The predicted octanol–water partition coefficient (Wildman–Crippen LogP) is 6.55. The Balaban J connectivity index is 1.23. The van der Waals surface area contributed by atoms with Gasteiger partial charge in [-0.15, -0.1) is 0 Å². The Bertz CT molecular complexity index is 1150. The van der Waals surface area contributed by atoms with Crippen molar-refractivity contribution in [3.63, 3.8) is 0 Å². The maximum absolute atomic E-state index is 12.7. The van der Waals surface area contributed by atoms with E-state index in [0.29, 0.717) is 22.6 Å². The van der Waals surface area contributed by atoms with Crippen molar-refractivity contribution in [2.24, 2.45) is 0 Å². The summed E-state index contributed by atoms with van der Waals surface area (Å²) in [5.41, 5.74) is 0.540. The first-order chi connectivity index (χ1) is 19.5. The van der Waals surface area contributed by atoms with Gasteiger partial charge < -0.3 is 29.6 Å². The van der Waals surface area contributed by atoms with Crippen LogP contribution in [0, 0.1) is 0 Å². The summed E-state index contributed by atoms with van der Waals surface area (Å²) in [6.45, 7) is 17.0. The first-order valence-corrected chi connectivity index (χ1v) is 14.7. The molecule has 42 heavy (non-hydrogen) atoms. The summed E-state index contributed by atoms with van der Waals surface area (Å²) in [4.78, 5) is 25.5. The van der Waals surface area contributed by atoms with Crippen LogP contribution >= 0.6 is 0 Å². The Morgan fingerprint density at radius 2 is 0.857 bits per heavy atom. The number of esters is 2. The van der Waals surface area contributed by atoms with E-state index in [1.54, 1.807) is 48.5 Å². The van der Waals surface area contributed by atoms with Crippen LogP contribution < -0.4 is 20.1 Å². The molecule has 0 saturated carbocycles. The van der Waals surface area contributed by atoms with Crippen LogP contribution in [0.2, 0.25) is 0 Å². The van der Waals surface area contributed by atoms with E-state index in [2.05, 4.69) is 66.0 Å². The summed E-state index contributed by atoms with van der Waals surface area (Å²) in [7, 11) is 0. The Kier molecular flexibility index (Phi) is 9.09. The van der Waals surface area contributed by atoms with Crippen LogP contribution in [0.3, 0.4) is 0 Å². The second-order valence-electron chi connectivity index (χ2n) is 14.2. The molecule has 0 amide bonds. The number of nitrogens with one attached hydrogen (secondary N) is 2. The highest BCUT2D eigenvalue weighted by atomic mass is 16.5. The van der Waals surface area contributed by atoms with E-state index in [1.807, 2.05) is 0 Å². The Hall–Kier alpha value is -3.36. The van der Waals surface area contributed by atoms with Crippen molar-refractivity contribution in [1.82, 2.24) is 10.6 Å². The lowest BCUT2D eigenvalue weighted by molar-refractivity contribution is -0.00766. The largest absolute Gasteiger partial charge is 0.462 e. The highest BCUT2D eigenvalue weighted by molar-refractivity contribution is 5.90. The zero-order chi connectivity index (χ0) is 30.8.